The third kappa shape index (κ3) is 3.13. The molecule has 1 aromatic heterocycles. The zero-order valence-corrected chi connectivity index (χ0v) is 9.81. The molecule has 0 spiro atoms. The topological polar surface area (TPSA) is 25.8 Å². The van der Waals surface area contributed by atoms with Crippen LogP contribution in [0.5, 0.6) is 0 Å². The first kappa shape index (κ1) is 10.3. The molecular weight excluding hydrogens is 252 g/mol. The first-order chi connectivity index (χ1) is 7.34. The average molecular weight is 263 g/mol. The summed E-state index contributed by atoms with van der Waals surface area (Å²) in [6.07, 6.45) is 5.44. The Kier molecular flexibility index (Phi) is 3.45. The lowest BCUT2D eigenvalue weighted by atomic mass is 10.1. The Morgan fingerprint density at radius 3 is 2.27 bits per heavy atom. The van der Waals surface area contributed by atoms with E-state index in [0.717, 1.165) is 23.1 Å². The fraction of sp³-hybridized carbons (Fsp3) is 0.167. The normalized spacial score (nSPS) is 10.2. The maximum Gasteiger partial charge on any atom is 0.128 e. The van der Waals surface area contributed by atoms with Crippen LogP contribution in [0.4, 0.5) is 0 Å². The van der Waals surface area contributed by atoms with E-state index in [2.05, 4.69) is 50.2 Å². The minimum absolute atomic E-state index is 0.886. The summed E-state index contributed by atoms with van der Waals surface area (Å²) in [5.41, 5.74) is 1.32. The van der Waals surface area contributed by atoms with E-state index in [1.54, 1.807) is 12.4 Å². The van der Waals surface area contributed by atoms with Gasteiger partial charge in [-0.2, -0.15) is 0 Å². The van der Waals surface area contributed by atoms with Crippen LogP contribution in [0.1, 0.15) is 11.4 Å². The number of aryl methyl sites for hydroxylation is 2. The summed E-state index contributed by atoms with van der Waals surface area (Å²) in [7, 11) is 0. The number of rotatable bonds is 3. The summed E-state index contributed by atoms with van der Waals surface area (Å²) < 4.78 is 0.922. The maximum atomic E-state index is 4.24. The van der Waals surface area contributed by atoms with E-state index in [9.17, 15) is 0 Å². The highest BCUT2D eigenvalue weighted by atomic mass is 79.9. The molecule has 0 N–H and O–H groups in total. The van der Waals surface area contributed by atoms with Crippen molar-refractivity contribution in [3.63, 3.8) is 0 Å². The third-order valence-electron chi connectivity index (χ3n) is 2.15. The van der Waals surface area contributed by atoms with Gasteiger partial charge in [-0.05, 0) is 27.9 Å². The van der Waals surface area contributed by atoms with Gasteiger partial charge in [0.2, 0.25) is 0 Å². The van der Waals surface area contributed by atoms with Gasteiger partial charge in [0, 0.05) is 18.8 Å². The number of halogens is 1. The molecule has 0 atom stereocenters. The van der Waals surface area contributed by atoms with Crippen LogP contribution in [-0.2, 0) is 12.8 Å². The van der Waals surface area contributed by atoms with Crippen molar-refractivity contribution in [3.05, 3.63) is 58.6 Å². The van der Waals surface area contributed by atoms with Crippen molar-refractivity contribution in [1.29, 1.82) is 0 Å². The molecule has 2 rings (SSSR count). The molecule has 0 fully saturated rings. The summed E-state index contributed by atoms with van der Waals surface area (Å²) in [6.45, 7) is 0. The minimum atomic E-state index is 0.886. The van der Waals surface area contributed by atoms with Crippen molar-refractivity contribution >= 4 is 15.9 Å². The van der Waals surface area contributed by atoms with Crippen molar-refractivity contribution < 1.29 is 0 Å². The summed E-state index contributed by atoms with van der Waals surface area (Å²) >= 11 is 3.32. The molecule has 1 aromatic carbocycles. The van der Waals surface area contributed by atoms with E-state index in [4.69, 9.17) is 0 Å². The quantitative estimate of drug-likeness (QED) is 0.850. The van der Waals surface area contributed by atoms with E-state index in [-0.39, 0.29) is 0 Å². The van der Waals surface area contributed by atoms with Gasteiger partial charge in [0.1, 0.15) is 5.82 Å². The number of aromatic nitrogens is 2. The van der Waals surface area contributed by atoms with Crippen LogP contribution in [0.2, 0.25) is 0 Å². The lowest BCUT2D eigenvalue weighted by Gasteiger charge is -2.00. The van der Waals surface area contributed by atoms with Crippen LogP contribution in [0, 0.1) is 0 Å². The summed E-state index contributed by atoms with van der Waals surface area (Å²) in [6, 6.07) is 10.4. The molecule has 0 saturated carbocycles. The lowest BCUT2D eigenvalue weighted by Crippen LogP contribution is -1.97. The molecular formula is C12H11BrN2. The molecule has 3 heteroatoms. The Balaban J connectivity index is 1.96. The van der Waals surface area contributed by atoms with Crippen LogP contribution >= 0.6 is 15.9 Å². The molecule has 2 aromatic rings. The Hall–Kier alpha value is -1.22. The molecule has 0 aliphatic rings. The number of hydrogen-bond acceptors (Lipinski definition) is 2. The van der Waals surface area contributed by atoms with Crippen molar-refractivity contribution in [1.82, 2.24) is 9.97 Å². The Labute approximate surface area is 97.5 Å². The molecule has 0 radical (unpaired) electrons. The Morgan fingerprint density at radius 1 is 0.933 bits per heavy atom. The zero-order valence-electron chi connectivity index (χ0n) is 8.23. The first-order valence-electron chi connectivity index (χ1n) is 4.85. The molecule has 0 bridgehead atoms. The van der Waals surface area contributed by atoms with Gasteiger partial charge in [-0.1, -0.05) is 30.3 Å². The van der Waals surface area contributed by atoms with E-state index in [1.807, 2.05) is 6.07 Å². The second-order valence-electron chi connectivity index (χ2n) is 3.30. The van der Waals surface area contributed by atoms with Crippen molar-refractivity contribution in [3.8, 4) is 0 Å². The predicted octanol–water partition coefficient (Wildman–Crippen LogP) is 3.02. The summed E-state index contributed by atoms with van der Waals surface area (Å²) in [5, 5.41) is 0. The summed E-state index contributed by atoms with van der Waals surface area (Å²) in [5.74, 6) is 0.891. The third-order valence-corrected chi connectivity index (χ3v) is 2.56. The summed E-state index contributed by atoms with van der Waals surface area (Å²) in [4.78, 5) is 8.47. The van der Waals surface area contributed by atoms with Crippen LogP contribution in [0.25, 0.3) is 0 Å². The van der Waals surface area contributed by atoms with Gasteiger partial charge in [0.05, 0.1) is 4.47 Å². The van der Waals surface area contributed by atoms with Gasteiger partial charge >= 0.3 is 0 Å². The molecule has 1 heterocycles. The van der Waals surface area contributed by atoms with Crippen molar-refractivity contribution in [2.24, 2.45) is 0 Å². The van der Waals surface area contributed by atoms with E-state index >= 15 is 0 Å². The smallest absolute Gasteiger partial charge is 0.128 e. The molecule has 0 aliphatic heterocycles. The average Bonchev–Trinajstić information content (AvgIpc) is 2.30. The van der Waals surface area contributed by atoms with Gasteiger partial charge in [-0.3, -0.25) is 0 Å². The maximum absolute atomic E-state index is 4.24. The molecule has 0 aliphatic carbocycles. The number of nitrogens with zero attached hydrogens (tertiary/aromatic N) is 2. The van der Waals surface area contributed by atoms with Gasteiger partial charge in [0.25, 0.3) is 0 Å². The second kappa shape index (κ2) is 5.03. The fourth-order valence-electron chi connectivity index (χ4n) is 1.37. The van der Waals surface area contributed by atoms with Gasteiger partial charge in [0.15, 0.2) is 0 Å². The molecule has 2 nitrogen and oxygen atoms in total. The largest absolute Gasteiger partial charge is 0.240 e. The van der Waals surface area contributed by atoms with Crippen LogP contribution in [0.15, 0.2) is 47.2 Å². The number of benzene rings is 1. The van der Waals surface area contributed by atoms with Gasteiger partial charge in [-0.15, -0.1) is 0 Å². The predicted molar refractivity (Wildman–Crippen MR) is 63.6 cm³/mol. The second-order valence-corrected chi connectivity index (χ2v) is 4.22. The highest BCUT2D eigenvalue weighted by molar-refractivity contribution is 9.10. The van der Waals surface area contributed by atoms with Crippen LogP contribution < -0.4 is 0 Å². The van der Waals surface area contributed by atoms with Crippen molar-refractivity contribution in [2.75, 3.05) is 0 Å². The molecule has 0 unspecified atom stereocenters. The standard InChI is InChI=1S/C12H11BrN2/c13-11-8-14-12(15-9-11)7-6-10-4-2-1-3-5-10/h1-5,8-9H,6-7H2. The molecule has 0 saturated heterocycles. The van der Waals surface area contributed by atoms with E-state index < -0.39 is 0 Å². The highest BCUT2D eigenvalue weighted by Gasteiger charge is 1.97. The minimum Gasteiger partial charge on any atom is -0.240 e. The zero-order chi connectivity index (χ0) is 10.5. The SMILES string of the molecule is Brc1cnc(CCc2ccccc2)nc1. The number of hydrogen-bond donors (Lipinski definition) is 0. The van der Waals surface area contributed by atoms with Gasteiger partial charge in [-0.25, -0.2) is 9.97 Å². The molecule has 76 valence electrons. The lowest BCUT2D eigenvalue weighted by molar-refractivity contribution is 0.855. The van der Waals surface area contributed by atoms with E-state index in [0.29, 0.717) is 0 Å². The molecule has 0 amide bonds. The highest BCUT2D eigenvalue weighted by Crippen LogP contribution is 2.07. The molecule has 15 heavy (non-hydrogen) atoms. The monoisotopic (exact) mass is 262 g/mol. The van der Waals surface area contributed by atoms with E-state index in [1.165, 1.54) is 5.56 Å². The van der Waals surface area contributed by atoms with Gasteiger partial charge < -0.3 is 0 Å². The Morgan fingerprint density at radius 2 is 1.60 bits per heavy atom. The van der Waals surface area contributed by atoms with Crippen LogP contribution in [0.3, 0.4) is 0 Å². The Bertz CT molecular complexity index is 411. The van der Waals surface area contributed by atoms with Crippen molar-refractivity contribution in [2.45, 2.75) is 12.8 Å². The first-order valence-corrected chi connectivity index (χ1v) is 5.64. The fourth-order valence-corrected chi connectivity index (χ4v) is 1.57. The van der Waals surface area contributed by atoms with Crippen LogP contribution in [-0.4, -0.2) is 9.97 Å².